The van der Waals surface area contributed by atoms with Crippen molar-refractivity contribution < 1.29 is 13.9 Å². The molecular weight excluding hydrogens is 221 g/mol. The Bertz CT molecular complexity index is 391. The van der Waals surface area contributed by atoms with E-state index in [0.29, 0.717) is 25.1 Å². The molecule has 1 atom stereocenters. The standard InChI is InChI=1S/C13H16FNO2/c1-2-17-13(16)10-3-5-12(6-4-10)15-8-7-11(14)9-15/h3-6,11H,2,7-9H2,1H3. The Morgan fingerprint density at radius 3 is 2.71 bits per heavy atom. The number of benzene rings is 1. The maximum absolute atomic E-state index is 13.1. The van der Waals surface area contributed by atoms with E-state index in [1.165, 1.54) is 0 Å². The topological polar surface area (TPSA) is 29.5 Å². The zero-order chi connectivity index (χ0) is 12.3. The van der Waals surface area contributed by atoms with E-state index in [-0.39, 0.29) is 5.97 Å². The number of ether oxygens (including phenoxy) is 1. The maximum Gasteiger partial charge on any atom is 0.338 e. The van der Waals surface area contributed by atoms with Crippen molar-refractivity contribution >= 4 is 11.7 Å². The van der Waals surface area contributed by atoms with Gasteiger partial charge in [-0.2, -0.15) is 0 Å². The molecule has 92 valence electrons. The summed E-state index contributed by atoms with van der Waals surface area (Å²) in [6.45, 7) is 3.33. The Morgan fingerprint density at radius 2 is 2.18 bits per heavy atom. The Balaban J connectivity index is 2.05. The number of rotatable bonds is 3. The lowest BCUT2D eigenvalue weighted by molar-refractivity contribution is 0.0526. The van der Waals surface area contributed by atoms with Gasteiger partial charge in [-0.15, -0.1) is 0 Å². The minimum atomic E-state index is -0.736. The fourth-order valence-corrected chi connectivity index (χ4v) is 1.97. The van der Waals surface area contributed by atoms with E-state index in [9.17, 15) is 9.18 Å². The third-order valence-electron chi connectivity index (χ3n) is 2.87. The molecular formula is C13H16FNO2. The van der Waals surface area contributed by atoms with Crippen LogP contribution in [-0.2, 0) is 4.74 Å². The second-order valence-corrected chi connectivity index (χ2v) is 4.10. The predicted molar refractivity (Wildman–Crippen MR) is 64.1 cm³/mol. The van der Waals surface area contributed by atoms with Crippen LogP contribution in [0, 0.1) is 0 Å². The molecule has 0 amide bonds. The fourth-order valence-electron chi connectivity index (χ4n) is 1.97. The van der Waals surface area contributed by atoms with Crippen molar-refractivity contribution in [2.75, 3.05) is 24.6 Å². The monoisotopic (exact) mass is 237 g/mol. The van der Waals surface area contributed by atoms with Crippen molar-refractivity contribution in [2.24, 2.45) is 0 Å². The van der Waals surface area contributed by atoms with Gasteiger partial charge in [0.2, 0.25) is 0 Å². The Hall–Kier alpha value is -1.58. The molecule has 0 bridgehead atoms. The van der Waals surface area contributed by atoms with Gasteiger partial charge in [-0.1, -0.05) is 0 Å². The average molecular weight is 237 g/mol. The van der Waals surface area contributed by atoms with Gasteiger partial charge < -0.3 is 9.64 Å². The summed E-state index contributed by atoms with van der Waals surface area (Å²) in [5, 5.41) is 0. The Labute approximate surface area is 100 Å². The average Bonchev–Trinajstić information content (AvgIpc) is 2.76. The molecule has 0 N–H and O–H groups in total. The maximum atomic E-state index is 13.1. The van der Waals surface area contributed by atoms with Gasteiger partial charge in [0.05, 0.1) is 12.2 Å². The smallest absolute Gasteiger partial charge is 0.338 e. The fraction of sp³-hybridized carbons (Fsp3) is 0.462. The predicted octanol–water partition coefficient (Wildman–Crippen LogP) is 2.41. The Morgan fingerprint density at radius 1 is 1.47 bits per heavy atom. The molecule has 4 heteroatoms. The van der Waals surface area contributed by atoms with Gasteiger partial charge in [0.25, 0.3) is 0 Å². The molecule has 1 aromatic carbocycles. The highest BCUT2D eigenvalue weighted by molar-refractivity contribution is 5.89. The molecule has 3 nitrogen and oxygen atoms in total. The van der Waals surface area contributed by atoms with Crippen molar-refractivity contribution in [3.63, 3.8) is 0 Å². The summed E-state index contributed by atoms with van der Waals surface area (Å²) in [7, 11) is 0. The van der Waals surface area contributed by atoms with E-state index in [4.69, 9.17) is 4.74 Å². The molecule has 1 unspecified atom stereocenters. The van der Waals surface area contributed by atoms with Crippen LogP contribution in [0.5, 0.6) is 0 Å². The molecule has 1 aliphatic rings. The van der Waals surface area contributed by atoms with Crippen LogP contribution < -0.4 is 4.90 Å². The van der Waals surface area contributed by atoms with Gasteiger partial charge >= 0.3 is 5.97 Å². The number of anilines is 1. The minimum absolute atomic E-state index is 0.316. The van der Waals surface area contributed by atoms with E-state index < -0.39 is 6.17 Å². The minimum Gasteiger partial charge on any atom is -0.462 e. The van der Waals surface area contributed by atoms with E-state index in [0.717, 1.165) is 12.2 Å². The number of halogens is 1. The van der Waals surface area contributed by atoms with Crippen LogP contribution in [-0.4, -0.2) is 31.8 Å². The number of esters is 1. The summed E-state index contributed by atoms with van der Waals surface area (Å²) in [6.07, 6.45) is -0.153. The lowest BCUT2D eigenvalue weighted by Crippen LogP contribution is -2.19. The normalized spacial score (nSPS) is 19.4. The molecule has 1 aliphatic heterocycles. The molecule has 0 spiro atoms. The summed E-state index contributed by atoms with van der Waals surface area (Å²) < 4.78 is 17.9. The van der Waals surface area contributed by atoms with Crippen molar-refractivity contribution in [3.05, 3.63) is 29.8 Å². The first kappa shape index (κ1) is 11.9. The molecule has 0 aliphatic carbocycles. The lowest BCUT2D eigenvalue weighted by atomic mass is 10.2. The molecule has 0 saturated carbocycles. The zero-order valence-electron chi connectivity index (χ0n) is 9.86. The zero-order valence-corrected chi connectivity index (χ0v) is 9.86. The lowest BCUT2D eigenvalue weighted by Gasteiger charge is -2.17. The highest BCUT2D eigenvalue weighted by Crippen LogP contribution is 2.22. The van der Waals surface area contributed by atoms with E-state index in [1.807, 2.05) is 17.0 Å². The van der Waals surface area contributed by atoms with Crippen LogP contribution >= 0.6 is 0 Å². The number of alkyl halides is 1. The van der Waals surface area contributed by atoms with E-state index in [1.54, 1.807) is 19.1 Å². The van der Waals surface area contributed by atoms with Gasteiger partial charge in [0, 0.05) is 18.8 Å². The number of hydrogen-bond donors (Lipinski definition) is 0. The van der Waals surface area contributed by atoms with Gasteiger partial charge in [0.1, 0.15) is 6.17 Å². The summed E-state index contributed by atoms with van der Waals surface area (Å²) in [6, 6.07) is 7.12. The van der Waals surface area contributed by atoms with Gasteiger partial charge in [-0.25, -0.2) is 9.18 Å². The quantitative estimate of drug-likeness (QED) is 0.756. The van der Waals surface area contributed by atoms with Gasteiger partial charge in [0.15, 0.2) is 0 Å². The summed E-state index contributed by atoms with van der Waals surface area (Å²) in [4.78, 5) is 13.4. The first-order chi connectivity index (χ1) is 8.20. The van der Waals surface area contributed by atoms with Crippen molar-refractivity contribution in [1.29, 1.82) is 0 Å². The first-order valence-corrected chi connectivity index (χ1v) is 5.87. The number of hydrogen-bond acceptors (Lipinski definition) is 3. The van der Waals surface area contributed by atoms with Crippen molar-refractivity contribution in [2.45, 2.75) is 19.5 Å². The molecule has 17 heavy (non-hydrogen) atoms. The summed E-state index contributed by atoms with van der Waals surface area (Å²) >= 11 is 0. The summed E-state index contributed by atoms with van der Waals surface area (Å²) in [5.74, 6) is -0.316. The molecule has 0 radical (unpaired) electrons. The van der Waals surface area contributed by atoms with Crippen LogP contribution in [0.1, 0.15) is 23.7 Å². The molecule has 1 saturated heterocycles. The molecule has 1 aromatic rings. The largest absolute Gasteiger partial charge is 0.462 e. The third-order valence-corrected chi connectivity index (χ3v) is 2.87. The molecule has 0 aromatic heterocycles. The Kier molecular flexibility index (Phi) is 3.61. The van der Waals surface area contributed by atoms with E-state index >= 15 is 0 Å². The van der Waals surface area contributed by atoms with Crippen LogP contribution in [0.4, 0.5) is 10.1 Å². The van der Waals surface area contributed by atoms with E-state index in [2.05, 4.69) is 0 Å². The van der Waals surface area contributed by atoms with Crippen LogP contribution in [0.3, 0.4) is 0 Å². The molecule has 2 rings (SSSR count). The van der Waals surface area contributed by atoms with Crippen LogP contribution in [0.15, 0.2) is 24.3 Å². The number of nitrogens with zero attached hydrogens (tertiary/aromatic N) is 1. The number of carbonyl (C=O) groups excluding carboxylic acids is 1. The third kappa shape index (κ3) is 2.75. The van der Waals surface area contributed by atoms with Crippen molar-refractivity contribution in [1.82, 2.24) is 0 Å². The molecule has 1 fully saturated rings. The highest BCUT2D eigenvalue weighted by Gasteiger charge is 2.21. The molecule has 1 heterocycles. The van der Waals surface area contributed by atoms with Crippen LogP contribution in [0.2, 0.25) is 0 Å². The highest BCUT2D eigenvalue weighted by atomic mass is 19.1. The van der Waals surface area contributed by atoms with Gasteiger partial charge in [-0.3, -0.25) is 0 Å². The number of carbonyl (C=O) groups is 1. The van der Waals surface area contributed by atoms with Gasteiger partial charge in [-0.05, 0) is 37.6 Å². The summed E-state index contributed by atoms with van der Waals surface area (Å²) in [5.41, 5.74) is 1.49. The van der Waals surface area contributed by atoms with Crippen LogP contribution in [0.25, 0.3) is 0 Å². The first-order valence-electron chi connectivity index (χ1n) is 5.87. The van der Waals surface area contributed by atoms with Crippen molar-refractivity contribution in [3.8, 4) is 0 Å². The second kappa shape index (κ2) is 5.17. The second-order valence-electron chi connectivity index (χ2n) is 4.10. The SMILES string of the molecule is CCOC(=O)c1ccc(N2CCC(F)C2)cc1.